The standard InChI is InChI=1S/C13H17F2N/c1-9-3-2-6-13(9,8-16)11-5-4-10(14)7-12(11)15/h4-5,7,9H,2-3,6,8,16H2,1H3. The van der Waals surface area contributed by atoms with Gasteiger partial charge >= 0.3 is 0 Å². The first-order valence-corrected chi connectivity index (χ1v) is 5.76. The van der Waals surface area contributed by atoms with Crippen molar-refractivity contribution in [3.8, 4) is 0 Å². The summed E-state index contributed by atoms with van der Waals surface area (Å²) in [5, 5.41) is 0. The Morgan fingerprint density at radius 1 is 1.44 bits per heavy atom. The molecule has 1 aliphatic carbocycles. The molecule has 0 radical (unpaired) electrons. The van der Waals surface area contributed by atoms with Crippen LogP contribution in [0.1, 0.15) is 31.7 Å². The SMILES string of the molecule is CC1CCCC1(CN)c1ccc(F)cc1F. The Labute approximate surface area is 94.7 Å². The molecule has 2 unspecified atom stereocenters. The Morgan fingerprint density at radius 2 is 2.19 bits per heavy atom. The molecule has 2 N–H and O–H groups in total. The smallest absolute Gasteiger partial charge is 0.129 e. The molecule has 1 aromatic carbocycles. The van der Waals surface area contributed by atoms with Crippen LogP contribution in [0.25, 0.3) is 0 Å². The fraction of sp³-hybridized carbons (Fsp3) is 0.538. The minimum absolute atomic E-state index is 0.294. The molecule has 0 aliphatic heterocycles. The molecule has 0 aromatic heterocycles. The molecule has 1 nitrogen and oxygen atoms in total. The maximum Gasteiger partial charge on any atom is 0.129 e. The first-order valence-electron chi connectivity index (χ1n) is 5.76. The monoisotopic (exact) mass is 225 g/mol. The number of nitrogens with two attached hydrogens (primary N) is 1. The second-order valence-electron chi connectivity index (χ2n) is 4.78. The number of benzene rings is 1. The normalized spacial score (nSPS) is 29.6. The second-order valence-corrected chi connectivity index (χ2v) is 4.78. The quantitative estimate of drug-likeness (QED) is 0.822. The van der Waals surface area contributed by atoms with Crippen LogP contribution in [0.2, 0.25) is 0 Å². The third kappa shape index (κ3) is 1.63. The van der Waals surface area contributed by atoms with Crippen LogP contribution in [0.15, 0.2) is 18.2 Å². The molecule has 16 heavy (non-hydrogen) atoms. The molecule has 0 amide bonds. The highest BCUT2D eigenvalue weighted by atomic mass is 19.1. The second kappa shape index (κ2) is 4.13. The highest BCUT2D eigenvalue weighted by Crippen LogP contribution is 2.45. The van der Waals surface area contributed by atoms with E-state index in [4.69, 9.17) is 5.73 Å². The summed E-state index contributed by atoms with van der Waals surface area (Å²) in [7, 11) is 0. The average Bonchev–Trinajstić information content (AvgIpc) is 2.61. The van der Waals surface area contributed by atoms with Crippen LogP contribution >= 0.6 is 0 Å². The van der Waals surface area contributed by atoms with Crippen LogP contribution in [0, 0.1) is 17.6 Å². The van der Waals surface area contributed by atoms with Gasteiger partial charge in [0.15, 0.2) is 0 Å². The zero-order chi connectivity index (χ0) is 11.8. The number of hydrogen-bond donors (Lipinski definition) is 1. The summed E-state index contributed by atoms with van der Waals surface area (Å²) in [5.74, 6) is -0.629. The summed E-state index contributed by atoms with van der Waals surface area (Å²) in [4.78, 5) is 0. The Bertz CT molecular complexity index is 392. The molecule has 0 heterocycles. The Morgan fingerprint density at radius 3 is 2.69 bits per heavy atom. The summed E-state index contributed by atoms with van der Waals surface area (Å²) in [6, 6.07) is 3.83. The maximum absolute atomic E-state index is 13.8. The summed E-state index contributed by atoms with van der Waals surface area (Å²) in [6.07, 6.45) is 3.02. The van der Waals surface area contributed by atoms with Gasteiger partial charge in [0.05, 0.1) is 0 Å². The van der Waals surface area contributed by atoms with E-state index in [-0.39, 0.29) is 5.41 Å². The molecule has 2 rings (SSSR count). The van der Waals surface area contributed by atoms with E-state index < -0.39 is 11.6 Å². The van der Waals surface area contributed by atoms with Crippen LogP contribution in [-0.4, -0.2) is 6.54 Å². The molecule has 0 spiro atoms. The van der Waals surface area contributed by atoms with E-state index in [2.05, 4.69) is 6.92 Å². The van der Waals surface area contributed by atoms with Crippen LogP contribution in [0.5, 0.6) is 0 Å². The lowest BCUT2D eigenvalue weighted by molar-refractivity contribution is 0.332. The van der Waals surface area contributed by atoms with Gasteiger partial charge in [0.2, 0.25) is 0 Å². The van der Waals surface area contributed by atoms with E-state index in [0.717, 1.165) is 25.3 Å². The molecule has 1 aromatic rings. The first-order chi connectivity index (χ1) is 7.60. The molecular formula is C13H17F2N. The molecule has 1 saturated carbocycles. The predicted octanol–water partition coefficient (Wildman–Crippen LogP) is 2.98. The lowest BCUT2D eigenvalue weighted by Crippen LogP contribution is -2.38. The first kappa shape index (κ1) is 11.5. The minimum Gasteiger partial charge on any atom is -0.330 e. The van der Waals surface area contributed by atoms with E-state index in [1.54, 1.807) is 6.07 Å². The van der Waals surface area contributed by atoms with Gasteiger partial charge in [-0.3, -0.25) is 0 Å². The van der Waals surface area contributed by atoms with Crippen LogP contribution in [-0.2, 0) is 5.41 Å². The van der Waals surface area contributed by atoms with Crippen molar-refractivity contribution in [1.29, 1.82) is 0 Å². The molecule has 1 fully saturated rings. The van der Waals surface area contributed by atoms with Crippen molar-refractivity contribution in [2.24, 2.45) is 11.7 Å². The molecule has 1 aliphatic rings. The lowest BCUT2D eigenvalue weighted by Gasteiger charge is -2.33. The van der Waals surface area contributed by atoms with E-state index in [1.165, 1.54) is 6.07 Å². The van der Waals surface area contributed by atoms with Crippen molar-refractivity contribution in [3.63, 3.8) is 0 Å². The fourth-order valence-corrected chi connectivity index (χ4v) is 2.95. The molecular weight excluding hydrogens is 208 g/mol. The molecule has 2 atom stereocenters. The largest absolute Gasteiger partial charge is 0.330 e. The summed E-state index contributed by atoms with van der Waals surface area (Å²) < 4.78 is 26.7. The highest BCUT2D eigenvalue weighted by molar-refractivity contribution is 5.30. The van der Waals surface area contributed by atoms with Gasteiger partial charge in [-0.15, -0.1) is 0 Å². The maximum atomic E-state index is 13.8. The topological polar surface area (TPSA) is 26.0 Å². The Kier molecular flexibility index (Phi) is 2.98. The van der Waals surface area contributed by atoms with Crippen molar-refractivity contribution >= 4 is 0 Å². The third-order valence-electron chi connectivity index (χ3n) is 4.04. The highest BCUT2D eigenvalue weighted by Gasteiger charge is 2.42. The Balaban J connectivity index is 2.48. The van der Waals surface area contributed by atoms with Gasteiger partial charge in [-0.05, 0) is 30.4 Å². The summed E-state index contributed by atoms with van der Waals surface area (Å²) in [5.41, 5.74) is 6.13. The van der Waals surface area contributed by atoms with Gasteiger partial charge in [-0.25, -0.2) is 8.78 Å². The van der Waals surface area contributed by atoms with Crippen molar-refractivity contribution in [1.82, 2.24) is 0 Å². The fourth-order valence-electron chi connectivity index (χ4n) is 2.95. The number of halogens is 2. The van der Waals surface area contributed by atoms with E-state index in [0.29, 0.717) is 18.0 Å². The van der Waals surface area contributed by atoms with Gasteiger partial charge in [-0.1, -0.05) is 19.4 Å². The van der Waals surface area contributed by atoms with Gasteiger partial charge in [-0.2, -0.15) is 0 Å². The summed E-state index contributed by atoms with van der Waals surface area (Å²) >= 11 is 0. The van der Waals surface area contributed by atoms with Crippen molar-refractivity contribution in [2.75, 3.05) is 6.54 Å². The van der Waals surface area contributed by atoms with E-state index in [9.17, 15) is 8.78 Å². The molecule has 0 bridgehead atoms. The average molecular weight is 225 g/mol. The van der Waals surface area contributed by atoms with Crippen molar-refractivity contribution in [2.45, 2.75) is 31.6 Å². The molecule has 3 heteroatoms. The van der Waals surface area contributed by atoms with Gasteiger partial charge in [0, 0.05) is 18.0 Å². The van der Waals surface area contributed by atoms with Crippen molar-refractivity contribution < 1.29 is 8.78 Å². The Hall–Kier alpha value is -0.960. The third-order valence-corrected chi connectivity index (χ3v) is 4.04. The molecule has 0 saturated heterocycles. The van der Waals surface area contributed by atoms with Gasteiger partial charge < -0.3 is 5.73 Å². The van der Waals surface area contributed by atoms with E-state index >= 15 is 0 Å². The predicted molar refractivity (Wildman–Crippen MR) is 60.1 cm³/mol. The van der Waals surface area contributed by atoms with Crippen LogP contribution in [0.4, 0.5) is 8.78 Å². The number of rotatable bonds is 2. The van der Waals surface area contributed by atoms with Gasteiger partial charge in [0.25, 0.3) is 0 Å². The summed E-state index contributed by atoms with van der Waals surface area (Å²) in [6.45, 7) is 2.53. The number of hydrogen-bond acceptors (Lipinski definition) is 1. The minimum atomic E-state index is -0.529. The van der Waals surface area contributed by atoms with Crippen LogP contribution < -0.4 is 5.73 Å². The van der Waals surface area contributed by atoms with Crippen molar-refractivity contribution in [3.05, 3.63) is 35.4 Å². The van der Waals surface area contributed by atoms with Crippen LogP contribution in [0.3, 0.4) is 0 Å². The van der Waals surface area contributed by atoms with E-state index in [1.807, 2.05) is 0 Å². The zero-order valence-corrected chi connectivity index (χ0v) is 9.47. The van der Waals surface area contributed by atoms with Gasteiger partial charge in [0.1, 0.15) is 11.6 Å². The molecule has 88 valence electrons. The zero-order valence-electron chi connectivity index (χ0n) is 9.47. The lowest BCUT2D eigenvalue weighted by atomic mass is 9.73.